The van der Waals surface area contributed by atoms with E-state index in [9.17, 15) is 5.11 Å². The monoisotopic (exact) mass is 254 g/mol. The molecule has 0 aromatic carbocycles. The lowest BCUT2D eigenvalue weighted by molar-refractivity contribution is 0.192. The molecule has 0 bridgehead atoms. The van der Waals surface area contributed by atoms with E-state index in [4.69, 9.17) is 11.6 Å². The number of nitrogens with zero attached hydrogens (tertiary/aromatic N) is 1. The third kappa shape index (κ3) is 2.72. The number of aliphatic hydroxyl groups excluding tert-OH is 1. The Balaban J connectivity index is 1.95. The van der Waals surface area contributed by atoms with Crippen LogP contribution in [0, 0.1) is 0 Å². The smallest absolute Gasteiger partial charge is 0.144 e. The number of thiophene rings is 1. The summed E-state index contributed by atoms with van der Waals surface area (Å²) in [5, 5.41) is 17.3. The van der Waals surface area contributed by atoms with Gasteiger partial charge in [-0.2, -0.15) is 11.3 Å². The Bertz CT molecular complexity index is 447. The van der Waals surface area contributed by atoms with Gasteiger partial charge in [-0.3, -0.25) is 0 Å². The van der Waals surface area contributed by atoms with Crippen molar-refractivity contribution in [3.05, 3.63) is 45.7 Å². The highest BCUT2D eigenvalue weighted by Crippen LogP contribution is 2.20. The lowest BCUT2D eigenvalue weighted by Crippen LogP contribution is -2.12. The van der Waals surface area contributed by atoms with Gasteiger partial charge in [-0.1, -0.05) is 11.6 Å². The number of rotatable bonds is 4. The average molecular weight is 255 g/mol. The van der Waals surface area contributed by atoms with Crippen molar-refractivity contribution in [3.63, 3.8) is 0 Å². The van der Waals surface area contributed by atoms with Crippen LogP contribution in [0.4, 0.5) is 5.82 Å². The van der Waals surface area contributed by atoms with Crippen LogP contribution >= 0.6 is 22.9 Å². The normalized spacial score (nSPS) is 12.4. The Morgan fingerprint density at radius 1 is 1.50 bits per heavy atom. The standard InChI is InChI=1S/C11H11ClN2OS/c12-9-2-1-4-13-11(9)14-6-10(15)8-3-5-16-7-8/h1-5,7,10,15H,6H2,(H,13,14). The summed E-state index contributed by atoms with van der Waals surface area (Å²) in [5.74, 6) is 0.596. The van der Waals surface area contributed by atoms with E-state index in [1.54, 1.807) is 29.7 Å². The lowest BCUT2D eigenvalue weighted by Gasteiger charge is -2.11. The van der Waals surface area contributed by atoms with E-state index in [2.05, 4.69) is 10.3 Å². The highest BCUT2D eigenvalue weighted by atomic mass is 35.5. The fourth-order valence-corrected chi connectivity index (χ4v) is 2.19. The molecular weight excluding hydrogens is 244 g/mol. The molecule has 3 nitrogen and oxygen atoms in total. The Hall–Kier alpha value is -1.10. The second-order valence-corrected chi connectivity index (χ2v) is 4.47. The predicted molar refractivity (Wildman–Crippen MR) is 67.0 cm³/mol. The quantitative estimate of drug-likeness (QED) is 0.882. The molecule has 2 N–H and O–H groups in total. The number of nitrogens with one attached hydrogen (secondary N) is 1. The predicted octanol–water partition coefficient (Wildman–Crippen LogP) is 2.94. The van der Waals surface area contributed by atoms with Gasteiger partial charge in [0.1, 0.15) is 5.82 Å². The second-order valence-electron chi connectivity index (χ2n) is 3.29. The molecule has 0 fully saturated rings. The summed E-state index contributed by atoms with van der Waals surface area (Å²) in [5.41, 5.74) is 0.907. The van der Waals surface area contributed by atoms with Crippen molar-refractivity contribution < 1.29 is 5.11 Å². The van der Waals surface area contributed by atoms with Crippen molar-refractivity contribution in [2.45, 2.75) is 6.10 Å². The van der Waals surface area contributed by atoms with E-state index in [1.807, 2.05) is 16.8 Å². The zero-order valence-corrected chi connectivity index (χ0v) is 10.0. The SMILES string of the molecule is OC(CNc1ncccc1Cl)c1ccsc1. The maximum absolute atomic E-state index is 9.83. The van der Waals surface area contributed by atoms with E-state index < -0.39 is 6.10 Å². The number of aliphatic hydroxyl groups is 1. The molecule has 0 aliphatic heterocycles. The minimum atomic E-state index is -0.538. The summed E-state index contributed by atoms with van der Waals surface area (Å²) in [7, 11) is 0. The Kier molecular flexibility index (Phi) is 3.77. The maximum atomic E-state index is 9.83. The highest BCUT2D eigenvalue weighted by molar-refractivity contribution is 7.07. The summed E-state index contributed by atoms with van der Waals surface area (Å²) in [6.07, 6.45) is 1.12. The Morgan fingerprint density at radius 3 is 3.06 bits per heavy atom. The van der Waals surface area contributed by atoms with Gasteiger partial charge in [-0.05, 0) is 34.5 Å². The van der Waals surface area contributed by atoms with Gasteiger partial charge in [-0.15, -0.1) is 0 Å². The van der Waals surface area contributed by atoms with E-state index in [-0.39, 0.29) is 0 Å². The van der Waals surface area contributed by atoms with Gasteiger partial charge in [0.2, 0.25) is 0 Å². The molecule has 1 atom stereocenters. The van der Waals surface area contributed by atoms with Crippen LogP contribution in [-0.4, -0.2) is 16.6 Å². The van der Waals surface area contributed by atoms with Gasteiger partial charge in [0.25, 0.3) is 0 Å². The first-order valence-electron chi connectivity index (χ1n) is 4.82. The minimum Gasteiger partial charge on any atom is -0.387 e. The molecule has 2 aromatic heterocycles. The van der Waals surface area contributed by atoms with Crippen molar-refractivity contribution in [1.29, 1.82) is 0 Å². The molecule has 0 aliphatic carbocycles. The van der Waals surface area contributed by atoms with Crippen LogP contribution in [0.5, 0.6) is 0 Å². The number of anilines is 1. The highest BCUT2D eigenvalue weighted by Gasteiger charge is 2.08. The number of halogens is 1. The first-order chi connectivity index (χ1) is 7.77. The van der Waals surface area contributed by atoms with E-state index in [0.717, 1.165) is 5.56 Å². The summed E-state index contributed by atoms with van der Waals surface area (Å²) < 4.78 is 0. The van der Waals surface area contributed by atoms with E-state index in [1.165, 1.54) is 0 Å². The topological polar surface area (TPSA) is 45.1 Å². The van der Waals surface area contributed by atoms with Crippen molar-refractivity contribution in [3.8, 4) is 0 Å². The molecule has 5 heteroatoms. The molecular formula is C11H11ClN2OS. The summed E-state index contributed by atoms with van der Waals surface area (Å²) >= 11 is 7.49. The molecule has 0 radical (unpaired) electrons. The first-order valence-corrected chi connectivity index (χ1v) is 6.14. The number of aromatic nitrogens is 1. The van der Waals surface area contributed by atoms with Crippen LogP contribution in [-0.2, 0) is 0 Å². The van der Waals surface area contributed by atoms with Crippen molar-refractivity contribution >= 4 is 28.8 Å². The fraction of sp³-hybridized carbons (Fsp3) is 0.182. The third-order valence-corrected chi connectivity index (χ3v) is 3.16. The number of hydrogen-bond donors (Lipinski definition) is 2. The van der Waals surface area contributed by atoms with Crippen molar-refractivity contribution in [2.24, 2.45) is 0 Å². The van der Waals surface area contributed by atoms with Gasteiger partial charge >= 0.3 is 0 Å². The van der Waals surface area contributed by atoms with Crippen LogP contribution in [0.25, 0.3) is 0 Å². The molecule has 2 rings (SSSR count). The van der Waals surface area contributed by atoms with Crippen LogP contribution < -0.4 is 5.32 Å². The Morgan fingerprint density at radius 2 is 2.38 bits per heavy atom. The zero-order valence-electron chi connectivity index (χ0n) is 8.43. The molecule has 0 spiro atoms. The molecule has 2 aromatic rings. The summed E-state index contributed by atoms with van der Waals surface area (Å²) in [6, 6.07) is 5.42. The van der Waals surface area contributed by atoms with Crippen LogP contribution in [0.1, 0.15) is 11.7 Å². The van der Waals surface area contributed by atoms with Crippen molar-refractivity contribution in [2.75, 3.05) is 11.9 Å². The summed E-state index contributed by atoms with van der Waals surface area (Å²) in [4.78, 5) is 4.08. The lowest BCUT2D eigenvalue weighted by atomic mass is 10.2. The van der Waals surface area contributed by atoms with Crippen LogP contribution in [0.2, 0.25) is 5.02 Å². The van der Waals surface area contributed by atoms with E-state index >= 15 is 0 Å². The maximum Gasteiger partial charge on any atom is 0.144 e. The van der Waals surface area contributed by atoms with Gasteiger partial charge in [0, 0.05) is 12.7 Å². The molecule has 0 saturated heterocycles. The number of hydrogen-bond acceptors (Lipinski definition) is 4. The third-order valence-electron chi connectivity index (χ3n) is 2.15. The zero-order chi connectivity index (χ0) is 11.4. The van der Waals surface area contributed by atoms with Gasteiger partial charge in [-0.25, -0.2) is 4.98 Å². The molecule has 1 unspecified atom stereocenters. The fourth-order valence-electron chi connectivity index (χ4n) is 1.29. The molecule has 0 aliphatic rings. The van der Waals surface area contributed by atoms with Gasteiger partial charge < -0.3 is 10.4 Å². The average Bonchev–Trinajstić information content (AvgIpc) is 2.81. The minimum absolute atomic E-state index is 0.396. The van der Waals surface area contributed by atoms with Crippen LogP contribution in [0.3, 0.4) is 0 Å². The Labute approximate surface area is 103 Å². The van der Waals surface area contributed by atoms with E-state index in [0.29, 0.717) is 17.4 Å². The molecule has 16 heavy (non-hydrogen) atoms. The van der Waals surface area contributed by atoms with Crippen molar-refractivity contribution in [1.82, 2.24) is 4.98 Å². The first kappa shape index (κ1) is 11.4. The largest absolute Gasteiger partial charge is 0.387 e. The van der Waals surface area contributed by atoms with Gasteiger partial charge in [0.05, 0.1) is 11.1 Å². The summed E-state index contributed by atoms with van der Waals surface area (Å²) in [6.45, 7) is 0.396. The number of pyridine rings is 1. The molecule has 2 heterocycles. The molecule has 0 saturated carbocycles. The molecule has 0 amide bonds. The second kappa shape index (κ2) is 5.30. The van der Waals surface area contributed by atoms with Gasteiger partial charge in [0.15, 0.2) is 0 Å². The van der Waals surface area contributed by atoms with Crippen LogP contribution in [0.15, 0.2) is 35.2 Å². The molecule has 84 valence electrons.